The second-order valence-corrected chi connectivity index (χ2v) is 4.71. The highest BCUT2D eigenvalue weighted by atomic mass is 16.2. The molecule has 94 valence electrons. The zero-order chi connectivity index (χ0) is 13.1. The van der Waals surface area contributed by atoms with Crippen LogP contribution in [0.3, 0.4) is 0 Å². The van der Waals surface area contributed by atoms with Gasteiger partial charge in [0, 0.05) is 23.8 Å². The lowest BCUT2D eigenvalue weighted by Crippen LogP contribution is -2.34. The molecule has 18 heavy (non-hydrogen) atoms. The molecule has 1 aliphatic rings. The van der Waals surface area contributed by atoms with Gasteiger partial charge in [0.05, 0.1) is 12.5 Å². The van der Waals surface area contributed by atoms with Gasteiger partial charge in [-0.15, -0.1) is 0 Å². The van der Waals surface area contributed by atoms with Gasteiger partial charge in [-0.1, -0.05) is 0 Å². The topological polar surface area (TPSA) is 70.1 Å². The molecule has 0 radical (unpaired) electrons. The summed E-state index contributed by atoms with van der Waals surface area (Å²) in [7, 11) is 0. The third kappa shape index (κ3) is 2.62. The number of nitrogens with two attached hydrogens (primary N) is 1. The lowest BCUT2D eigenvalue weighted by Gasteiger charge is -2.21. The van der Waals surface area contributed by atoms with Crippen molar-refractivity contribution in [1.29, 1.82) is 5.26 Å². The Morgan fingerprint density at radius 2 is 2.28 bits per heavy atom. The van der Waals surface area contributed by atoms with Gasteiger partial charge in [-0.25, -0.2) is 0 Å². The molecule has 1 saturated carbocycles. The molecule has 0 aliphatic heterocycles. The fourth-order valence-corrected chi connectivity index (χ4v) is 1.98. The second kappa shape index (κ2) is 5.09. The van der Waals surface area contributed by atoms with Crippen LogP contribution in [0, 0.1) is 18.3 Å². The highest BCUT2D eigenvalue weighted by Gasteiger charge is 2.32. The van der Waals surface area contributed by atoms with Crippen LogP contribution in [-0.2, 0) is 0 Å². The van der Waals surface area contributed by atoms with Crippen LogP contribution in [0.2, 0.25) is 0 Å². The lowest BCUT2D eigenvalue weighted by atomic mass is 10.1. The van der Waals surface area contributed by atoms with E-state index in [1.165, 1.54) is 0 Å². The molecule has 0 heterocycles. The number of benzene rings is 1. The molecule has 1 aromatic carbocycles. The van der Waals surface area contributed by atoms with E-state index in [4.69, 9.17) is 11.0 Å². The zero-order valence-electron chi connectivity index (χ0n) is 10.5. The first kappa shape index (κ1) is 12.4. The maximum atomic E-state index is 12.4. The van der Waals surface area contributed by atoms with Crippen LogP contribution in [0.5, 0.6) is 0 Å². The van der Waals surface area contributed by atoms with Crippen molar-refractivity contribution in [1.82, 2.24) is 4.90 Å². The number of hydrogen-bond acceptors (Lipinski definition) is 3. The van der Waals surface area contributed by atoms with E-state index >= 15 is 0 Å². The number of carbonyl (C=O) groups is 1. The fraction of sp³-hybridized carbons (Fsp3) is 0.429. The number of anilines is 1. The first-order chi connectivity index (χ1) is 8.63. The van der Waals surface area contributed by atoms with Crippen molar-refractivity contribution < 1.29 is 4.79 Å². The molecule has 0 aromatic heterocycles. The van der Waals surface area contributed by atoms with Gasteiger partial charge in [-0.3, -0.25) is 4.79 Å². The number of nitrogen functional groups attached to an aromatic ring is 1. The lowest BCUT2D eigenvalue weighted by molar-refractivity contribution is 0.0747. The van der Waals surface area contributed by atoms with Crippen molar-refractivity contribution in [2.75, 3.05) is 12.3 Å². The van der Waals surface area contributed by atoms with Crippen LogP contribution in [0.25, 0.3) is 0 Å². The minimum Gasteiger partial charge on any atom is -0.399 e. The molecular formula is C14H17N3O. The number of carbonyl (C=O) groups excluding carboxylic acids is 1. The van der Waals surface area contributed by atoms with Crippen LogP contribution < -0.4 is 5.73 Å². The van der Waals surface area contributed by atoms with Crippen LogP contribution in [0.1, 0.15) is 35.2 Å². The third-order valence-corrected chi connectivity index (χ3v) is 3.23. The summed E-state index contributed by atoms with van der Waals surface area (Å²) in [6.45, 7) is 2.41. The third-order valence-electron chi connectivity index (χ3n) is 3.23. The summed E-state index contributed by atoms with van der Waals surface area (Å²) >= 11 is 0. The van der Waals surface area contributed by atoms with Crippen molar-refractivity contribution in [3.63, 3.8) is 0 Å². The Morgan fingerprint density at radius 3 is 2.83 bits per heavy atom. The number of amides is 1. The summed E-state index contributed by atoms with van der Waals surface area (Å²) in [6.07, 6.45) is 2.48. The Labute approximate surface area is 107 Å². The Balaban J connectivity index is 2.17. The number of rotatable bonds is 4. The van der Waals surface area contributed by atoms with Gasteiger partial charge in [0.2, 0.25) is 0 Å². The molecule has 2 rings (SSSR count). The summed E-state index contributed by atoms with van der Waals surface area (Å²) < 4.78 is 0. The monoisotopic (exact) mass is 243 g/mol. The Morgan fingerprint density at radius 1 is 1.56 bits per heavy atom. The predicted molar refractivity (Wildman–Crippen MR) is 69.9 cm³/mol. The smallest absolute Gasteiger partial charge is 0.254 e. The average Bonchev–Trinajstić information content (AvgIpc) is 3.17. The first-order valence-electron chi connectivity index (χ1n) is 6.17. The SMILES string of the molecule is Cc1cc(C(=O)N(CCC#N)C2CC2)ccc1N. The molecule has 0 spiro atoms. The van der Waals surface area contributed by atoms with Crippen molar-refractivity contribution in [3.8, 4) is 6.07 Å². The predicted octanol–water partition coefficient (Wildman–Crippen LogP) is 2.10. The normalized spacial score (nSPS) is 14.0. The Kier molecular flexibility index (Phi) is 3.52. The van der Waals surface area contributed by atoms with Gasteiger partial charge >= 0.3 is 0 Å². The summed E-state index contributed by atoms with van der Waals surface area (Å²) in [5, 5.41) is 8.65. The van der Waals surface area contributed by atoms with Crippen molar-refractivity contribution >= 4 is 11.6 Å². The van der Waals surface area contributed by atoms with E-state index in [1.807, 2.05) is 17.9 Å². The minimum absolute atomic E-state index is 0.0100. The van der Waals surface area contributed by atoms with Gasteiger partial charge in [0.25, 0.3) is 5.91 Å². The maximum absolute atomic E-state index is 12.4. The van der Waals surface area contributed by atoms with Crippen molar-refractivity contribution in [2.45, 2.75) is 32.2 Å². The van der Waals surface area contributed by atoms with Gasteiger partial charge in [-0.2, -0.15) is 5.26 Å². The van der Waals surface area contributed by atoms with Crippen LogP contribution >= 0.6 is 0 Å². The molecule has 0 atom stereocenters. The van der Waals surface area contributed by atoms with Crippen LogP contribution in [0.15, 0.2) is 18.2 Å². The van der Waals surface area contributed by atoms with Crippen molar-refractivity contribution in [2.24, 2.45) is 0 Å². The molecule has 0 unspecified atom stereocenters. The summed E-state index contributed by atoms with van der Waals surface area (Å²) in [6, 6.07) is 7.75. The highest BCUT2D eigenvalue weighted by molar-refractivity contribution is 5.95. The highest BCUT2D eigenvalue weighted by Crippen LogP contribution is 2.28. The van der Waals surface area contributed by atoms with Crippen LogP contribution in [0.4, 0.5) is 5.69 Å². The number of hydrogen-bond donors (Lipinski definition) is 1. The zero-order valence-corrected chi connectivity index (χ0v) is 10.5. The fourth-order valence-electron chi connectivity index (χ4n) is 1.98. The van der Waals surface area contributed by atoms with E-state index in [2.05, 4.69) is 6.07 Å². The summed E-state index contributed by atoms with van der Waals surface area (Å²) in [5.74, 6) is 0.0100. The quantitative estimate of drug-likeness (QED) is 0.823. The number of nitriles is 1. The van der Waals surface area contributed by atoms with E-state index in [0.717, 1.165) is 18.4 Å². The molecule has 1 aromatic rings. The van der Waals surface area contributed by atoms with Gasteiger partial charge in [-0.05, 0) is 43.5 Å². The van der Waals surface area contributed by atoms with Crippen LogP contribution in [-0.4, -0.2) is 23.4 Å². The number of aryl methyl sites for hydroxylation is 1. The minimum atomic E-state index is 0.0100. The molecule has 2 N–H and O–H groups in total. The first-order valence-corrected chi connectivity index (χ1v) is 6.17. The Bertz CT molecular complexity index is 500. The van der Waals surface area contributed by atoms with Gasteiger partial charge in [0.15, 0.2) is 0 Å². The molecule has 4 heteroatoms. The van der Waals surface area contributed by atoms with Gasteiger partial charge in [0.1, 0.15) is 0 Å². The second-order valence-electron chi connectivity index (χ2n) is 4.71. The maximum Gasteiger partial charge on any atom is 0.254 e. The Hall–Kier alpha value is -2.02. The summed E-state index contributed by atoms with van der Waals surface area (Å²) in [5.41, 5.74) is 8.02. The van der Waals surface area contributed by atoms with Crippen molar-refractivity contribution in [3.05, 3.63) is 29.3 Å². The summed E-state index contributed by atoms with van der Waals surface area (Å²) in [4.78, 5) is 14.2. The number of nitrogens with zero attached hydrogens (tertiary/aromatic N) is 2. The molecule has 4 nitrogen and oxygen atoms in total. The molecule has 1 aliphatic carbocycles. The van der Waals surface area contributed by atoms with E-state index in [-0.39, 0.29) is 5.91 Å². The van der Waals surface area contributed by atoms with E-state index in [1.54, 1.807) is 12.1 Å². The average molecular weight is 243 g/mol. The standard InChI is InChI=1S/C14H17N3O/c1-10-9-11(3-6-13(10)16)14(18)17(8-2-7-15)12-4-5-12/h3,6,9,12H,2,4-5,8,16H2,1H3. The largest absolute Gasteiger partial charge is 0.399 e. The molecule has 0 saturated heterocycles. The van der Waals surface area contributed by atoms with E-state index < -0.39 is 0 Å². The molecule has 0 bridgehead atoms. The molecule has 1 fully saturated rings. The van der Waals surface area contributed by atoms with E-state index in [9.17, 15) is 4.79 Å². The molecular weight excluding hydrogens is 226 g/mol. The molecule has 1 amide bonds. The van der Waals surface area contributed by atoms with Gasteiger partial charge < -0.3 is 10.6 Å². The van der Waals surface area contributed by atoms with E-state index in [0.29, 0.717) is 30.3 Å².